The summed E-state index contributed by atoms with van der Waals surface area (Å²) in [6.45, 7) is 1.82. The van der Waals surface area contributed by atoms with Gasteiger partial charge in [0.2, 0.25) is 0 Å². The molecule has 4 nitrogen and oxygen atoms in total. The average molecular weight is 370 g/mol. The summed E-state index contributed by atoms with van der Waals surface area (Å²) in [6.07, 6.45) is 0. The van der Waals surface area contributed by atoms with Crippen molar-refractivity contribution in [2.75, 3.05) is 17.7 Å². The monoisotopic (exact) mass is 368 g/mol. The van der Waals surface area contributed by atoms with Crippen LogP contribution in [0.15, 0.2) is 40.9 Å². The maximum atomic E-state index is 11.9. The molecule has 1 amide bonds. The number of hydrogen-bond donors (Lipinski definition) is 2. The number of rotatable bonds is 4. The quantitative estimate of drug-likeness (QED) is 0.800. The molecular formula is C15H14BrClN2O2. The molecule has 0 atom stereocenters. The molecule has 0 spiro atoms. The Kier molecular flexibility index (Phi) is 5.09. The Labute approximate surface area is 136 Å². The minimum absolute atomic E-state index is 0.118. The van der Waals surface area contributed by atoms with E-state index in [0.717, 1.165) is 5.56 Å². The summed E-state index contributed by atoms with van der Waals surface area (Å²) < 4.78 is 6.12. The van der Waals surface area contributed by atoms with Crippen LogP contribution in [0.25, 0.3) is 0 Å². The van der Waals surface area contributed by atoms with Crippen LogP contribution in [0.3, 0.4) is 0 Å². The summed E-state index contributed by atoms with van der Waals surface area (Å²) in [5, 5.41) is 3.30. The molecule has 0 aromatic heterocycles. The van der Waals surface area contributed by atoms with Gasteiger partial charge < -0.3 is 15.8 Å². The van der Waals surface area contributed by atoms with Crippen molar-refractivity contribution in [3.8, 4) is 5.75 Å². The molecule has 0 aliphatic rings. The highest BCUT2D eigenvalue weighted by atomic mass is 79.9. The fourth-order valence-corrected chi connectivity index (χ4v) is 2.51. The molecule has 6 heteroatoms. The van der Waals surface area contributed by atoms with Gasteiger partial charge in [-0.05, 0) is 58.7 Å². The number of aryl methyl sites for hydroxylation is 1. The van der Waals surface area contributed by atoms with Crippen LogP contribution in [-0.4, -0.2) is 12.5 Å². The summed E-state index contributed by atoms with van der Waals surface area (Å²) >= 11 is 9.16. The fraction of sp³-hybridized carbons (Fsp3) is 0.133. The Hall–Kier alpha value is -1.72. The van der Waals surface area contributed by atoms with Crippen LogP contribution in [-0.2, 0) is 4.79 Å². The molecule has 0 aliphatic carbocycles. The van der Waals surface area contributed by atoms with E-state index in [4.69, 9.17) is 22.1 Å². The molecule has 110 valence electrons. The van der Waals surface area contributed by atoms with Gasteiger partial charge in [-0.15, -0.1) is 0 Å². The number of carbonyl (C=O) groups excluding carboxylic acids is 1. The van der Waals surface area contributed by atoms with Crippen molar-refractivity contribution in [3.63, 3.8) is 0 Å². The van der Waals surface area contributed by atoms with Crippen LogP contribution in [0.2, 0.25) is 5.02 Å². The summed E-state index contributed by atoms with van der Waals surface area (Å²) in [4.78, 5) is 11.9. The first kappa shape index (κ1) is 15.7. The molecular weight excluding hydrogens is 356 g/mol. The van der Waals surface area contributed by atoms with Gasteiger partial charge >= 0.3 is 0 Å². The van der Waals surface area contributed by atoms with E-state index in [1.165, 1.54) is 0 Å². The second-order valence-electron chi connectivity index (χ2n) is 4.50. The number of carbonyl (C=O) groups is 1. The number of ether oxygens (including phenoxy) is 1. The fourth-order valence-electron chi connectivity index (χ4n) is 1.72. The molecule has 0 radical (unpaired) electrons. The maximum absolute atomic E-state index is 11.9. The highest BCUT2D eigenvalue weighted by molar-refractivity contribution is 9.10. The van der Waals surface area contributed by atoms with Crippen molar-refractivity contribution in [2.24, 2.45) is 0 Å². The first-order valence-electron chi connectivity index (χ1n) is 6.19. The molecule has 0 saturated heterocycles. The smallest absolute Gasteiger partial charge is 0.262 e. The van der Waals surface area contributed by atoms with Gasteiger partial charge in [-0.2, -0.15) is 0 Å². The zero-order valence-corrected chi connectivity index (χ0v) is 13.7. The van der Waals surface area contributed by atoms with Gasteiger partial charge in [0, 0.05) is 5.02 Å². The Balaban J connectivity index is 1.96. The van der Waals surface area contributed by atoms with Gasteiger partial charge in [-0.25, -0.2) is 0 Å². The van der Waals surface area contributed by atoms with Crippen LogP contribution >= 0.6 is 27.5 Å². The first-order valence-corrected chi connectivity index (χ1v) is 7.36. The van der Waals surface area contributed by atoms with E-state index in [0.29, 0.717) is 26.6 Å². The van der Waals surface area contributed by atoms with Crippen molar-refractivity contribution in [1.29, 1.82) is 0 Å². The number of amides is 1. The van der Waals surface area contributed by atoms with Crippen molar-refractivity contribution in [2.45, 2.75) is 6.92 Å². The molecule has 3 N–H and O–H groups in total. The first-order chi connectivity index (χ1) is 9.95. The Morgan fingerprint density at radius 1 is 1.33 bits per heavy atom. The van der Waals surface area contributed by atoms with Gasteiger partial charge in [0.1, 0.15) is 5.75 Å². The molecule has 2 rings (SSSR count). The van der Waals surface area contributed by atoms with Gasteiger partial charge in [0.05, 0.1) is 15.8 Å². The third-order valence-electron chi connectivity index (χ3n) is 2.73. The molecule has 0 saturated carbocycles. The van der Waals surface area contributed by atoms with Crippen LogP contribution < -0.4 is 15.8 Å². The van der Waals surface area contributed by atoms with Gasteiger partial charge in [0.25, 0.3) is 5.91 Å². The second kappa shape index (κ2) is 6.83. The van der Waals surface area contributed by atoms with Crippen LogP contribution in [0.4, 0.5) is 11.4 Å². The highest BCUT2D eigenvalue weighted by Crippen LogP contribution is 2.28. The SMILES string of the molecule is Cc1ccc(NC(=O)COc2ccc(Cl)cc2Br)c(N)c1. The van der Waals surface area contributed by atoms with Crippen molar-refractivity contribution >= 4 is 44.8 Å². The number of halogens is 2. The van der Waals surface area contributed by atoms with E-state index >= 15 is 0 Å². The van der Waals surface area contributed by atoms with Gasteiger partial charge in [-0.1, -0.05) is 17.7 Å². The lowest BCUT2D eigenvalue weighted by molar-refractivity contribution is -0.118. The van der Waals surface area contributed by atoms with Crippen LogP contribution in [0.1, 0.15) is 5.56 Å². The number of nitrogens with two attached hydrogens (primary N) is 1. The minimum Gasteiger partial charge on any atom is -0.483 e. The summed E-state index contributed by atoms with van der Waals surface area (Å²) in [6, 6.07) is 10.5. The Morgan fingerprint density at radius 2 is 2.10 bits per heavy atom. The lowest BCUT2D eigenvalue weighted by Gasteiger charge is -2.11. The maximum Gasteiger partial charge on any atom is 0.262 e. The van der Waals surface area contributed by atoms with E-state index in [2.05, 4.69) is 21.2 Å². The van der Waals surface area contributed by atoms with Crippen molar-refractivity contribution < 1.29 is 9.53 Å². The lowest BCUT2D eigenvalue weighted by atomic mass is 10.2. The van der Waals surface area contributed by atoms with E-state index in [1.807, 2.05) is 13.0 Å². The zero-order valence-electron chi connectivity index (χ0n) is 11.3. The Bertz CT molecular complexity index is 677. The summed E-state index contributed by atoms with van der Waals surface area (Å²) in [7, 11) is 0. The Morgan fingerprint density at radius 3 is 2.76 bits per heavy atom. The van der Waals surface area contributed by atoms with Crippen molar-refractivity contribution in [1.82, 2.24) is 0 Å². The van der Waals surface area contributed by atoms with E-state index in [1.54, 1.807) is 30.3 Å². The highest BCUT2D eigenvalue weighted by Gasteiger charge is 2.08. The topological polar surface area (TPSA) is 64.3 Å². The molecule has 0 fully saturated rings. The normalized spacial score (nSPS) is 10.2. The number of anilines is 2. The average Bonchev–Trinajstić information content (AvgIpc) is 2.41. The van der Waals surface area contributed by atoms with E-state index in [9.17, 15) is 4.79 Å². The van der Waals surface area contributed by atoms with Crippen LogP contribution in [0, 0.1) is 6.92 Å². The molecule has 2 aromatic carbocycles. The predicted molar refractivity (Wildman–Crippen MR) is 88.9 cm³/mol. The van der Waals surface area contributed by atoms with E-state index in [-0.39, 0.29) is 12.5 Å². The molecule has 21 heavy (non-hydrogen) atoms. The number of hydrogen-bond acceptors (Lipinski definition) is 3. The standard InChI is InChI=1S/C15H14BrClN2O2/c1-9-2-4-13(12(18)6-9)19-15(20)8-21-14-5-3-10(17)7-11(14)16/h2-7H,8,18H2,1H3,(H,19,20). The van der Waals surface area contributed by atoms with Crippen molar-refractivity contribution in [3.05, 3.63) is 51.5 Å². The van der Waals surface area contributed by atoms with Crippen LogP contribution in [0.5, 0.6) is 5.75 Å². The van der Waals surface area contributed by atoms with E-state index < -0.39 is 0 Å². The lowest BCUT2D eigenvalue weighted by Crippen LogP contribution is -2.20. The largest absolute Gasteiger partial charge is 0.483 e. The van der Waals surface area contributed by atoms with Gasteiger partial charge in [-0.3, -0.25) is 4.79 Å². The molecule has 0 bridgehead atoms. The molecule has 0 unspecified atom stereocenters. The zero-order chi connectivity index (χ0) is 15.4. The molecule has 2 aromatic rings. The number of nitrogen functional groups attached to an aromatic ring is 1. The summed E-state index contributed by atoms with van der Waals surface area (Å²) in [5.74, 6) is 0.263. The summed E-state index contributed by atoms with van der Waals surface area (Å²) in [5.41, 5.74) is 7.97. The predicted octanol–water partition coefficient (Wildman–Crippen LogP) is 4.01. The molecule has 0 heterocycles. The second-order valence-corrected chi connectivity index (χ2v) is 5.79. The third kappa shape index (κ3) is 4.37. The number of benzene rings is 2. The minimum atomic E-state index is -0.285. The third-order valence-corrected chi connectivity index (χ3v) is 3.59. The number of nitrogens with one attached hydrogen (secondary N) is 1. The molecule has 0 aliphatic heterocycles. The van der Waals surface area contributed by atoms with Gasteiger partial charge in [0.15, 0.2) is 6.61 Å².